The normalized spacial score (nSPS) is 10.9. The van der Waals surface area contributed by atoms with Gasteiger partial charge >= 0.3 is 0 Å². The molecule has 18 heavy (non-hydrogen) atoms. The summed E-state index contributed by atoms with van der Waals surface area (Å²) in [6, 6.07) is 0. The number of nitrogens with one attached hydrogen (secondary N) is 1. The van der Waals surface area contributed by atoms with Crippen molar-refractivity contribution in [3.8, 4) is 10.8 Å². The van der Waals surface area contributed by atoms with Gasteiger partial charge in [0.25, 0.3) is 0 Å². The molecule has 2 aromatic heterocycles. The Morgan fingerprint density at radius 1 is 1.39 bits per heavy atom. The molecule has 0 bridgehead atoms. The van der Waals surface area contributed by atoms with E-state index in [-0.39, 0.29) is 0 Å². The summed E-state index contributed by atoms with van der Waals surface area (Å²) in [5.74, 6) is 2.17. The lowest BCUT2D eigenvalue weighted by atomic mass is 10.1. The van der Waals surface area contributed by atoms with Crippen molar-refractivity contribution in [1.82, 2.24) is 15.0 Å². The molecule has 1 N–H and O–H groups in total. The molecule has 6 heteroatoms. The Hall–Kier alpha value is -0.760. The van der Waals surface area contributed by atoms with Crippen molar-refractivity contribution in [2.24, 2.45) is 5.92 Å². The number of nitrogens with zero attached hydrogens (tertiary/aromatic N) is 3. The highest BCUT2D eigenvalue weighted by Crippen LogP contribution is 2.26. The molecule has 0 aliphatic carbocycles. The van der Waals surface area contributed by atoms with E-state index in [9.17, 15) is 0 Å². The Labute approximate surface area is 124 Å². The number of rotatable bonds is 4. The van der Waals surface area contributed by atoms with Gasteiger partial charge < -0.3 is 5.32 Å². The average Bonchev–Trinajstić information content (AvgIpc) is 2.84. The molecule has 0 aliphatic rings. The maximum absolute atomic E-state index is 4.65. The topological polar surface area (TPSA) is 50.7 Å². The van der Waals surface area contributed by atoms with Crippen LogP contribution in [0.3, 0.4) is 0 Å². The number of hydrogen-bond acceptors (Lipinski definition) is 5. The van der Waals surface area contributed by atoms with E-state index in [1.165, 1.54) is 0 Å². The zero-order chi connectivity index (χ0) is 13.1. The molecule has 2 heterocycles. The van der Waals surface area contributed by atoms with Crippen LogP contribution >= 0.6 is 33.9 Å². The summed E-state index contributed by atoms with van der Waals surface area (Å²) >= 11 is 3.87. The molecule has 0 fully saturated rings. The summed E-state index contributed by atoms with van der Waals surface area (Å²) in [5.41, 5.74) is 1.09. The second-order valence-corrected chi connectivity index (χ2v) is 6.32. The lowest BCUT2D eigenvalue weighted by Gasteiger charge is -2.11. The van der Waals surface area contributed by atoms with Gasteiger partial charge in [-0.25, -0.2) is 15.0 Å². The first-order chi connectivity index (χ1) is 8.61. The van der Waals surface area contributed by atoms with Gasteiger partial charge in [0.15, 0.2) is 10.8 Å². The summed E-state index contributed by atoms with van der Waals surface area (Å²) < 4.78 is 1.10. The van der Waals surface area contributed by atoms with E-state index in [4.69, 9.17) is 0 Å². The van der Waals surface area contributed by atoms with Crippen LogP contribution in [-0.2, 0) is 6.42 Å². The summed E-state index contributed by atoms with van der Waals surface area (Å²) in [6.07, 6.45) is 2.73. The molecule has 0 aliphatic heterocycles. The van der Waals surface area contributed by atoms with Crippen molar-refractivity contribution < 1.29 is 0 Å². The van der Waals surface area contributed by atoms with E-state index < -0.39 is 0 Å². The van der Waals surface area contributed by atoms with Gasteiger partial charge in [0, 0.05) is 18.6 Å². The second-order valence-electron chi connectivity index (χ2n) is 4.34. The number of hydrogen-bond donors (Lipinski definition) is 1. The highest BCUT2D eigenvalue weighted by molar-refractivity contribution is 14.1. The third-order valence-corrected chi connectivity index (χ3v) is 4.28. The monoisotopic (exact) mass is 374 g/mol. The van der Waals surface area contributed by atoms with Gasteiger partial charge in [0.1, 0.15) is 5.82 Å². The lowest BCUT2D eigenvalue weighted by Crippen LogP contribution is -2.07. The molecule has 0 unspecified atom stereocenters. The maximum Gasteiger partial charge on any atom is 0.190 e. The first kappa shape index (κ1) is 13.7. The predicted molar refractivity (Wildman–Crippen MR) is 83.9 cm³/mol. The van der Waals surface area contributed by atoms with E-state index in [2.05, 4.69) is 56.7 Å². The van der Waals surface area contributed by atoms with Crippen LogP contribution in [0.4, 0.5) is 5.82 Å². The van der Waals surface area contributed by atoms with Gasteiger partial charge in [-0.1, -0.05) is 13.8 Å². The van der Waals surface area contributed by atoms with Crippen LogP contribution in [0.15, 0.2) is 11.6 Å². The molecule has 0 saturated heterocycles. The van der Waals surface area contributed by atoms with E-state index in [1.807, 2.05) is 12.4 Å². The molecule has 0 radical (unpaired) electrons. The van der Waals surface area contributed by atoms with E-state index >= 15 is 0 Å². The van der Waals surface area contributed by atoms with E-state index in [0.29, 0.717) is 11.7 Å². The Bertz CT molecular complexity index is 525. The van der Waals surface area contributed by atoms with Crippen LogP contribution in [0.2, 0.25) is 0 Å². The van der Waals surface area contributed by atoms with Crippen LogP contribution in [0.25, 0.3) is 10.8 Å². The van der Waals surface area contributed by atoms with Crippen molar-refractivity contribution in [1.29, 1.82) is 0 Å². The minimum atomic E-state index is 0.572. The Morgan fingerprint density at radius 2 is 2.17 bits per heavy atom. The van der Waals surface area contributed by atoms with Crippen molar-refractivity contribution in [3.63, 3.8) is 0 Å². The SMILES string of the molecule is CNc1nc(-c2nccs2)nc(CC(C)C)c1I. The minimum Gasteiger partial charge on any atom is -0.372 e. The number of anilines is 1. The summed E-state index contributed by atoms with van der Waals surface area (Å²) in [4.78, 5) is 13.4. The molecule has 0 saturated carbocycles. The smallest absolute Gasteiger partial charge is 0.190 e. The zero-order valence-electron chi connectivity index (χ0n) is 10.6. The summed E-state index contributed by atoms with van der Waals surface area (Å²) in [7, 11) is 1.88. The third kappa shape index (κ3) is 2.97. The van der Waals surface area contributed by atoms with Gasteiger partial charge in [-0.05, 0) is 34.9 Å². The first-order valence-electron chi connectivity index (χ1n) is 5.75. The van der Waals surface area contributed by atoms with Gasteiger partial charge in [-0.2, -0.15) is 0 Å². The molecule has 2 rings (SSSR count). The van der Waals surface area contributed by atoms with Crippen LogP contribution in [-0.4, -0.2) is 22.0 Å². The quantitative estimate of drug-likeness (QED) is 0.833. The van der Waals surface area contributed by atoms with Crippen molar-refractivity contribution in [2.45, 2.75) is 20.3 Å². The molecule has 4 nitrogen and oxygen atoms in total. The number of thiazole rings is 1. The molecule has 0 spiro atoms. The fraction of sp³-hybridized carbons (Fsp3) is 0.417. The van der Waals surface area contributed by atoms with Crippen LogP contribution in [0.1, 0.15) is 19.5 Å². The summed E-state index contributed by atoms with van der Waals surface area (Å²) in [5, 5.41) is 5.94. The molecule has 0 amide bonds. The third-order valence-electron chi connectivity index (χ3n) is 2.38. The van der Waals surface area contributed by atoms with Crippen molar-refractivity contribution >= 4 is 39.7 Å². The maximum atomic E-state index is 4.65. The molecule has 96 valence electrons. The fourth-order valence-electron chi connectivity index (χ4n) is 1.61. The lowest BCUT2D eigenvalue weighted by molar-refractivity contribution is 0.632. The number of halogens is 1. The standard InChI is InChI=1S/C12H15IN4S/c1-7(2)6-8-9(13)10(14-3)17-11(16-8)12-15-4-5-18-12/h4-5,7H,6H2,1-3H3,(H,14,16,17). The minimum absolute atomic E-state index is 0.572. The van der Waals surface area contributed by atoms with Crippen molar-refractivity contribution in [3.05, 3.63) is 20.8 Å². The van der Waals surface area contributed by atoms with Gasteiger partial charge in [0.05, 0.1) is 9.26 Å². The molecule has 2 aromatic rings. The van der Waals surface area contributed by atoms with E-state index in [1.54, 1.807) is 17.5 Å². The van der Waals surface area contributed by atoms with Crippen LogP contribution < -0.4 is 5.32 Å². The molecular weight excluding hydrogens is 359 g/mol. The summed E-state index contributed by atoms with van der Waals surface area (Å²) in [6.45, 7) is 4.39. The predicted octanol–water partition coefficient (Wildman–Crippen LogP) is 3.44. The van der Waals surface area contributed by atoms with Crippen LogP contribution in [0, 0.1) is 9.49 Å². The molecular formula is C12H15IN4S. The highest BCUT2D eigenvalue weighted by Gasteiger charge is 2.14. The number of aromatic nitrogens is 3. The van der Waals surface area contributed by atoms with Crippen LogP contribution in [0.5, 0.6) is 0 Å². The van der Waals surface area contributed by atoms with Gasteiger partial charge in [-0.15, -0.1) is 11.3 Å². The Kier molecular flexibility index (Phi) is 4.50. The van der Waals surface area contributed by atoms with E-state index in [0.717, 1.165) is 26.5 Å². The molecule has 0 atom stereocenters. The zero-order valence-corrected chi connectivity index (χ0v) is 13.5. The highest BCUT2D eigenvalue weighted by atomic mass is 127. The molecule has 0 aromatic carbocycles. The Morgan fingerprint density at radius 3 is 2.72 bits per heavy atom. The second kappa shape index (κ2) is 5.92. The average molecular weight is 374 g/mol. The Balaban J connectivity index is 2.49. The van der Waals surface area contributed by atoms with Gasteiger partial charge in [-0.3, -0.25) is 0 Å². The fourth-order valence-corrected chi connectivity index (χ4v) is 2.91. The first-order valence-corrected chi connectivity index (χ1v) is 7.71. The van der Waals surface area contributed by atoms with Gasteiger partial charge in [0.2, 0.25) is 0 Å². The van der Waals surface area contributed by atoms with Crippen molar-refractivity contribution in [2.75, 3.05) is 12.4 Å². The largest absolute Gasteiger partial charge is 0.372 e.